The molecule has 1 aromatic heterocycles. The highest BCUT2D eigenvalue weighted by Gasteiger charge is 2.23. The van der Waals surface area contributed by atoms with Gasteiger partial charge in [0.1, 0.15) is 5.03 Å². The van der Waals surface area contributed by atoms with E-state index in [-0.39, 0.29) is 5.97 Å². The quantitative estimate of drug-likeness (QED) is 0.588. The van der Waals surface area contributed by atoms with Crippen molar-refractivity contribution in [2.24, 2.45) is 0 Å². The second-order valence-electron chi connectivity index (χ2n) is 4.21. The summed E-state index contributed by atoms with van der Waals surface area (Å²) in [6.07, 6.45) is 3.70. The average molecular weight is 308 g/mol. The minimum atomic E-state index is -0.261. The van der Waals surface area contributed by atoms with Gasteiger partial charge in [-0.1, -0.05) is 30.0 Å². The zero-order valence-electron chi connectivity index (χ0n) is 11.1. The lowest BCUT2D eigenvalue weighted by Crippen LogP contribution is -2.21. The Bertz CT molecular complexity index is 489. The Morgan fingerprint density at radius 3 is 2.75 bits per heavy atom. The monoisotopic (exact) mass is 308 g/mol. The number of nitrogens with zero attached hydrogens (tertiary/aromatic N) is 2. The fraction of sp³-hybridized carbons (Fsp3) is 0.286. The van der Waals surface area contributed by atoms with Crippen molar-refractivity contribution in [3.63, 3.8) is 0 Å². The molecule has 0 radical (unpaired) electrons. The fourth-order valence-corrected chi connectivity index (χ4v) is 3.47. The van der Waals surface area contributed by atoms with Gasteiger partial charge in [0.05, 0.1) is 17.8 Å². The largest absolute Gasteiger partial charge is 0.337 e. The van der Waals surface area contributed by atoms with Crippen molar-refractivity contribution in [3.8, 4) is 0 Å². The first kappa shape index (κ1) is 15.0. The van der Waals surface area contributed by atoms with Crippen LogP contribution in [0.25, 0.3) is 0 Å². The molecule has 0 saturated carbocycles. The van der Waals surface area contributed by atoms with Crippen molar-refractivity contribution >= 4 is 27.6 Å². The highest BCUT2D eigenvalue weighted by molar-refractivity contribution is 8.76. The Kier molecular flexibility index (Phi) is 5.55. The van der Waals surface area contributed by atoms with Crippen molar-refractivity contribution in [3.05, 3.63) is 48.9 Å². The summed E-state index contributed by atoms with van der Waals surface area (Å²) in [5.74, 6) is 0.413. The molecule has 106 valence electrons. The zero-order chi connectivity index (χ0) is 14.4. The Morgan fingerprint density at radius 2 is 2.10 bits per heavy atom. The van der Waals surface area contributed by atoms with Crippen LogP contribution in [0.4, 0.5) is 0 Å². The summed E-state index contributed by atoms with van der Waals surface area (Å²) in [7, 11) is 3.14. The fourth-order valence-electron chi connectivity index (χ4n) is 1.62. The zero-order valence-corrected chi connectivity index (χ0v) is 12.7. The molecule has 6 heteroatoms. The molecule has 0 aromatic carbocycles. The van der Waals surface area contributed by atoms with Gasteiger partial charge in [-0.15, -0.1) is 0 Å². The van der Waals surface area contributed by atoms with Gasteiger partial charge in [0.15, 0.2) is 0 Å². The second kappa shape index (κ2) is 7.40. The van der Waals surface area contributed by atoms with Gasteiger partial charge in [-0.3, -0.25) is 0 Å². The number of carbonyl (C=O) groups is 1. The Morgan fingerprint density at radius 1 is 1.35 bits per heavy atom. The summed E-state index contributed by atoms with van der Waals surface area (Å²) in [6.45, 7) is 7.69. The topological polar surface area (TPSA) is 42.4 Å². The maximum Gasteiger partial charge on any atom is 0.333 e. The van der Waals surface area contributed by atoms with Crippen LogP contribution < -0.4 is 0 Å². The maximum atomic E-state index is 11.7. The van der Waals surface area contributed by atoms with Crippen LogP contribution in [0.2, 0.25) is 0 Å². The third kappa shape index (κ3) is 4.31. The van der Waals surface area contributed by atoms with Gasteiger partial charge in [-0.05, 0) is 35.8 Å². The molecule has 0 atom stereocenters. The van der Waals surface area contributed by atoms with Crippen LogP contribution in [-0.4, -0.2) is 21.8 Å². The first-order valence-electron chi connectivity index (χ1n) is 6.24. The van der Waals surface area contributed by atoms with Gasteiger partial charge in [-0.2, -0.15) is 5.06 Å². The lowest BCUT2D eigenvalue weighted by Gasteiger charge is -2.18. The third-order valence-electron chi connectivity index (χ3n) is 2.64. The highest BCUT2D eigenvalue weighted by atomic mass is 33.1. The average Bonchev–Trinajstić information content (AvgIpc) is 2.77. The molecule has 0 bridgehead atoms. The molecular formula is C14H16N2O2S2. The molecule has 0 aliphatic carbocycles. The first-order valence-corrected chi connectivity index (χ1v) is 8.55. The van der Waals surface area contributed by atoms with E-state index in [1.165, 1.54) is 5.06 Å². The Balaban J connectivity index is 1.65. The summed E-state index contributed by atoms with van der Waals surface area (Å²) in [5.41, 5.74) is 1.58. The number of allylic oxidation sites excluding steroid dienone is 2. The Labute approximate surface area is 126 Å². The van der Waals surface area contributed by atoms with Gasteiger partial charge in [0, 0.05) is 11.9 Å². The smallest absolute Gasteiger partial charge is 0.333 e. The normalized spacial score (nSPS) is 14.7. The van der Waals surface area contributed by atoms with E-state index in [0.29, 0.717) is 12.2 Å². The standard InChI is InChI=1S/C14H16N2O2S2/c1-11-6-7-12(2)16(11)18-14(17)8-10-19-20-13-5-3-4-9-15-13/h3-5,9H,1-2,6-8,10H2. The molecule has 20 heavy (non-hydrogen) atoms. The number of hydrogen-bond acceptors (Lipinski definition) is 6. The predicted octanol–water partition coefficient (Wildman–Crippen LogP) is 3.79. The molecule has 0 N–H and O–H groups in total. The SMILES string of the molecule is C=C1CCC(=C)N1OC(=O)CCSSc1ccccn1. The summed E-state index contributed by atoms with van der Waals surface area (Å²) in [5, 5.41) is 2.39. The number of hydrogen-bond donors (Lipinski definition) is 0. The van der Waals surface area contributed by atoms with E-state index in [4.69, 9.17) is 4.84 Å². The lowest BCUT2D eigenvalue weighted by molar-refractivity contribution is -0.171. The number of pyridine rings is 1. The second-order valence-corrected chi connectivity index (χ2v) is 6.65. The molecule has 4 nitrogen and oxygen atoms in total. The lowest BCUT2D eigenvalue weighted by atomic mass is 10.3. The van der Waals surface area contributed by atoms with Crippen molar-refractivity contribution in [2.75, 3.05) is 5.75 Å². The van der Waals surface area contributed by atoms with E-state index in [2.05, 4.69) is 18.1 Å². The number of rotatable bonds is 6. The Hall–Kier alpha value is -1.40. The molecule has 1 aliphatic rings. The van der Waals surface area contributed by atoms with Crippen LogP contribution in [-0.2, 0) is 9.63 Å². The van der Waals surface area contributed by atoms with Crippen LogP contribution in [0.5, 0.6) is 0 Å². The third-order valence-corrected chi connectivity index (χ3v) is 4.91. The molecule has 0 amide bonds. The molecule has 1 saturated heterocycles. The van der Waals surface area contributed by atoms with Crippen molar-refractivity contribution < 1.29 is 9.63 Å². The van der Waals surface area contributed by atoms with Gasteiger partial charge in [0.2, 0.25) is 0 Å². The molecule has 1 aliphatic heterocycles. The van der Waals surface area contributed by atoms with E-state index in [9.17, 15) is 4.79 Å². The number of hydroxylamine groups is 2. The number of aromatic nitrogens is 1. The summed E-state index contributed by atoms with van der Waals surface area (Å²) >= 11 is 0. The van der Waals surface area contributed by atoms with Crippen LogP contribution in [0.3, 0.4) is 0 Å². The van der Waals surface area contributed by atoms with Gasteiger partial charge in [0.25, 0.3) is 0 Å². The van der Waals surface area contributed by atoms with Crippen LogP contribution in [0.15, 0.2) is 54.0 Å². The van der Waals surface area contributed by atoms with E-state index >= 15 is 0 Å². The van der Waals surface area contributed by atoms with E-state index in [0.717, 1.165) is 29.3 Å². The molecule has 2 rings (SSSR count). The van der Waals surface area contributed by atoms with Gasteiger partial charge >= 0.3 is 5.97 Å². The van der Waals surface area contributed by atoms with Crippen LogP contribution in [0.1, 0.15) is 19.3 Å². The van der Waals surface area contributed by atoms with E-state index in [1.54, 1.807) is 27.8 Å². The molecule has 1 fully saturated rings. The first-order chi connectivity index (χ1) is 9.66. The highest BCUT2D eigenvalue weighted by Crippen LogP contribution is 2.30. The van der Waals surface area contributed by atoms with Gasteiger partial charge < -0.3 is 4.84 Å². The molecule has 0 unspecified atom stereocenters. The minimum Gasteiger partial charge on any atom is -0.337 e. The summed E-state index contributed by atoms with van der Waals surface area (Å²) in [6, 6.07) is 5.75. The molecule has 1 aromatic rings. The van der Waals surface area contributed by atoms with E-state index in [1.807, 2.05) is 18.2 Å². The minimum absolute atomic E-state index is 0.261. The van der Waals surface area contributed by atoms with Crippen molar-refractivity contribution in [2.45, 2.75) is 24.3 Å². The summed E-state index contributed by atoms with van der Waals surface area (Å²) in [4.78, 5) is 21.2. The predicted molar refractivity (Wildman–Crippen MR) is 82.6 cm³/mol. The van der Waals surface area contributed by atoms with Crippen LogP contribution in [0, 0.1) is 0 Å². The van der Waals surface area contributed by atoms with Crippen molar-refractivity contribution in [1.82, 2.24) is 10.0 Å². The number of carbonyl (C=O) groups excluding carboxylic acids is 1. The van der Waals surface area contributed by atoms with Crippen molar-refractivity contribution in [1.29, 1.82) is 0 Å². The maximum absolute atomic E-state index is 11.7. The molecule has 2 heterocycles. The molecule has 0 spiro atoms. The summed E-state index contributed by atoms with van der Waals surface area (Å²) < 4.78 is 0. The van der Waals surface area contributed by atoms with E-state index < -0.39 is 0 Å². The van der Waals surface area contributed by atoms with Crippen LogP contribution >= 0.6 is 21.6 Å². The van der Waals surface area contributed by atoms with Gasteiger partial charge in [-0.25, -0.2) is 9.78 Å². The molecular weight excluding hydrogens is 292 g/mol.